The summed E-state index contributed by atoms with van der Waals surface area (Å²) < 4.78 is 20.8. The van der Waals surface area contributed by atoms with Crippen LogP contribution >= 0.6 is 11.6 Å². The van der Waals surface area contributed by atoms with Crippen molar-refractivity contribution in [1.29, 1.82) is 0 Å². The van der Waals surface area contributed by atoms with E-state index in [1.54, 1.807) is 12.3 Å². The molecule has 106 valence electrons. The van der Waals surface area contributed by atoms with E-state index in [9.17, 15) is 9.18 Å². The molecule has 0 radical (unpaired) electrons. The summed E-state index contributed by atoms with van der Waals surface area (Å²) in [5.41, 5.74) is 1.42. The van der Waals surface area contributed by atoms with Crippen molar-refractivity contribution in [2.45, 2.75) is 0 Å². The van der Waals surface area contributed by atoms with E-state index in [4.69, 9.17) is 16.3 Å². The number of hydrogen-bond donors (Lipinski definition) is 0. The first-order chi connectivity index (χ1) is 10.1. The van der Waals surface area contributed by atoms with Gasteiger partial charge in [-0.3, -0.25) is 4.79 Å². The van der Waals surface area contributed by atoms with Crippen LogP contribution in [0.3, 0.4) is 0 Å². The summed E-state index contributed by atoms with van der Waals surface area (Å²) in [6.45, 7) is 0. The molecule has 0 aliphatic carbocycles. The highest BCUT2D eigenvalue weighted by Crippen LogP contribution is 2.33. The molecular weight excluding hydrogens is 293 g/mol. The maximum atomic E-state index is 13.2. The zero-order valence-electron chi connectivity index (χ0n) is 11.1. The maximum absolute atomic E-state index is 13.2. The monoisotopic (exact) mass is 303 g/mol. The lowest BCUT2D eigenvalue weighted by atomic mass is 10.1. The molecule has 1 heterocycles. The predicted molar refractivity (Wildman–Crippen MR) is 79.8 cm³/mol. The number of hydrogen-bond acceptors (Lipinski definition) is 2. The molecule has 0 bridgehead atoms. The van der Waals surface area contributed by atoms with Gasteiger partial charge in [0.2, 0.25) is 0 Å². The van der Waals surface area contributed by atoms with Crippen molar-refractivity contribution < 1.29 is 13.9 Å². The van der Waals surface area contributed by atoms with Crippen LogP contribution in [0.25, 0.3) is 10.9 Å². The van der Waals surface area contributed by atoms with Crippen molar-refractivity contribution in [3.05, 3.63) is 59.0 Å². The van der Waals surface area contributed by atoms with Gasteiger partial charge in [0.1, 0.15) is 17.3 Å². The van der Waals surface area contributed by atoms with Gasteiger partial charge in [0, 0.05) is 24.9 Å². The number of aryl methyl sites for hydroxylation is 1. The van der Waals surface area contributed by atoms with Gasteiger partial charge < -0.3 is 9.30 Å². The van der Waals surface area contributed by atoms with Crippen LogP contribution in [0.2, 0.25) is 5.02 Å². The second kappa shape index (κ2) is 5.22. The molecule has 5 heteroatoms. The van der Waals surface area contributed by atoms with E-state index < -0.39 is 5.82 Å². The number of carbonyl (C=O) groups excluding carboxylic acids is 1. The van der Waals surface area contributed by atoms with Crippen molar-refractivity contribution >= 4 is 28.8 Å². The number of ether oxygens (including phenoxy) is 1. The molecule has 0 fully saturated rings. The van der Waals surface area contributed by atoms with Gasteiger partial charge in [-0.25, -0.2) is 4.39 Å². The molecular formula is C16H11ClFNO2. The highest BCUT2D eigenvalue weighted by atomic mass is 35.5. The van der Waals surface area contributed by atoms with Crippen LogP contribution in [-0.2, 0) is 7.05 Å². The van der Waals surface area contributed by atoms with E-state index in [2.05, 4.69) is 0 Å². The van der Waals surface area contributed by atoms with Crippen molar-refractivity contribution in [1.82, 2.24) is 4.57 Å². The fraction of sp³-hybridized carbons (Fsp3) is 0.0625. The van der Waals surface area contributed by atoms with Crippen molar-refractivity contribution in [3.63, 3.8) is 0 Å². The zero-order chi connectivity index (χ0) is 15.0. The predicted octanol–water partition coefficient (Wildman–Crippen LogP) is 4.58. The molecule has 0 unspecified atom stereocenters. The number of halogens is 2. The largest absolute Gasteiger partial charge is 0.457 e. The van der Waals surface area contributed by atoms with Gasteiger partial charge >= 0.3 is 0 Å². The lowest BCUT2D eigenvalue weighted by molar-refractivity contribution is 0.112. The Labute approximate surface area is 125 Å². The molecule has 0 amide bonds. The first kappa shape index (κ1) is 13.6. The van der Waals surface area contributed by atoms with Crippen LogP contribution in [0.5, 0.6) is 11.5 Å². The topological polar surface area (TPSA) is 31.2 Å². The molecule has 0 saturated carbocycles. The number of nitrogens with zero attached hydrogens (tertiary/aromatic N) is 1. The molecule has 0 spiro atoms. The highest BCUT2D eigenvalue weighted by molar-refractivity contribution is 6.30. The molecule has 0 atom stereocenters. The average Bonchev–Trinajstić information content (AvgIpc) is 2.81. The van der Waals surface area contributed by atoms with Gasteiger partial charge in [0.25, 0.3) is 0 Å². The van der Waals surface area contributed by atoms with Gasteiger partial charge in [-0.2, -0.15) is 0 Å². The third-order valence-electron chi connectivity index (χ3n) is 3.25. The van der Waals surface area contributed by atoms with Gasteiger partial charge in [0.05, 0.1) is 15.9 Å². The quantitative estimate of drug-likeness (QED) is 0.663. The van der Waals surface area contributed by atoms with E-state index in [1.165, 1.54) is 18.2 Å². The summed E-state index contributed by atoms with van der Waals surface area (Å²) in [6.07, 6.45) is 2.52. The number of benzene rings is 2. The Bertz CT molecular complexity index is 842. The van der Waals surface area contributed by atoms with E-state index >= 15 is 0 Å². The molecule has 2 aromatic carbocycles. The molecule has 0 saturated heterocycles. The van der Waals surface area contributed by atoms with E-state index in [1.807, 2.05) is 23.7 Å². The molecule has 21 heavy (non-hydrogen) atoms. The smallest absolute Gasteiger partial charge is 0.152 e. The fourth-order valence-corrected chi connectivity index (χ4v) is 2.46. The SMILES string of the molecule is Cn1cc(C=O)c2c(Oc3ccc(F)c(Cl)c3)cccc21. The third-order valence-corrected chi connectivity index (χ3v) is 3.54. The molecule has 3 nitrogen and oxygen atoms in total. The minimum atomic E-state index is -0.504. The first-order valence-corrected chi connectivity index (χ1v) is 6.64. The molecule has 3 rings (SSSR count). The van der Waals surface area contributed by atoms with Crippen LogP contribution in [0.15, 0.2) is 42.6 Å². The van der Waals surface area contributed by atoms with Crippen LogP contribution in [0, 0.1) is 5.82 Å². The summed E-state index contributed by atoms with van der Waals surface area (Å²) in [5.74, 6) is 0.433. The maximum Gasteiger partial charge on any atom is 0.152 e. The lowest BCUT2D eigenvalue weighted by Crippen LogP contribution is -1.88. The fourth-order valence-electron chi connectivity index (χ4n) is 2.29. The number of fused-ring (bicyclic) bond motifs is 1. The zero-order valence-corrected chi connectivity index (χ0v) is 11.9. The molecule has 0 N–H and O–H groups in total. The number of aldehydes is 1. The van der Waals surface area contributed by atoms with Crippen LogP contribution in [0.4, 0.5) is 4.39 Å². The summed E-state index contributed by atoms with van der Waals surface area (Å²) in [6, 6.07) is 9.61. The minimum absolute atomic E-state index is 0.0108. The second-order valence-electron chi connectivity index (χ2n) is 4.64. The Morgan fingerprint density at radius 2 is 2.10 bits per heavy atom. The van der Waals surface area contributed by atoms with Crippen molar-refractivity contribution in [2.75, 3.05) is 0 Å². The van der Waals surface area contributed by atoms with E-state index in [0.717, 1.165) is 17.2 Å². The van der Waals surface area contributed by atoms with E-state index in [-0.39, 0.29) is 5.02 Å². The van der Waals surface area contributed by atoms with Crippen LogP contribution in [0.1, 0.15) is 10.4 Å². The molecule has 1 aromatic heterocycles. The molecule has 0 aliphatic rings. The summed E-state index contributed by atoms with van der Waals surface area (Å²) in [5, 5.41) is 0.707. The summed E-state index contributed by atoms with van der Waals surface area (Å²) in [4.78, 5) is 11.2. The van der Waals surface area contributed by atoms with Crippen molar-refractivity contribution in [2.24, 2.45) is 7.05 Å². The van der Waals surface area contributed by atoms with Gasteiger partial charge in [-0.1, -0.05) is 17.7 Å². The Balaban J connectivity index is 2.12. The number of rotatable bonds is 3. The summed E-state index contributed by atoms with van der Waals surface area (Å²) in [7, 11) is 1.86. The Morgan fingerprint density at radius 1 is 1.29 bits per heavy atom. The standard InChI is InChI=1S/C16H11ClFNO2/c1-19-8-10(9-20)16-14(19)3-2-4-15(16)21-11-5-6-13(18)12(17)7-11/h2-9H,1H3. The van der Waals surface area contributed by atoms with Gasteiger partial charge in [-0.05, 0) is 24.3 Å². The van der Waals surface area contributed by atoms with Gasteiger partial charge in [-0.15, -0.1) is 0 Å². The van der Waals surface area contributed by atoms with Crippen LogP contribution < -0.4 is 4.74 Å². The normalized spacial score (nSPS) is 10.8. The molecule has 3 aromatic rings. The van der Waals surface area contributed by atoms with Crippen molar-refractivity contribution in [3.8, 4) is 11.5 Å². The Morgan fingerprint density at radius 3 is 2.81 bits per heavy atom. The first-order valence-electron chi connectivity index (χ1n) is 6.26. The second-order valence-corrected chi connectivity index (χ2v) is 5.05. The number of carbonyl (C=O) groups is 1. The Hall–Kier alpha value is -2.33. The average molecular weight is 304 g/mol. The minimum Gasteiger partial charge on any atom is -0.457 e. The van der Waals surface area contributed by atoms with Crippen LogP contribution in [-0.4, -0.2) is 10.9 Å². The summed E-state index contributed by atoms with van der Waals surface area (Å²) >= 11 is 5.75. The Kier molecular flexibility index (Phi) is 3.39. The highest BCUT2D eigenvalue weighted by Gasteiger charge is 2.12. The molecule has 0 aliphatic heterocycles. The third kappa shape index (κ3) is 2.38. The van der Waals surface area contributed by atoms with E-state index in [0.29, 0.717) is 17.1 Å². The lowest BCUT2D eigenvalue weighted by Gasteiger charge is -2.08. The number of aromatic nitrogens is 1. The van der Waals surface area contributed by atoms with Gasteiger partial charge in [0.15, 0.2) is 6.29 Å².